The van der Waals surface area contributed by atoms with Gasteiger partial charge in [-0.15, -0.1) is 5.10 Å². The number of rotatable bonds is 8. The highest BCUT2D eigenvalue weighted by atomic mass is 16.5. The van der Waals surface area contributed by atoms with Crippen LogP contribution in [0.1, 0.15) is 12.0 Å². The number of para-hydroxylation sites is 1. The summed E-state index contributed by atoms with van der Waals surface area (Å²) in [5.74, 6) is 1.12. The summed E-state index contributed by atoms with van der Waals surface area (Å²) in [6, 6.07) is 9.58. The van der Waals surface area contributed by atoms with E-state index < -0.39 is 0 Å². The summed E-state index contributed by atoms with van der Waals surface area (Å²) >= 11 is 0. The Morgan fingerprint density at radius 3 is 2.71 bits per heavy atom. The van der Waals surface area contributed by atoms with Crippen LogP contribution >= 0.6 is 0 Å². The van der Waals surface area contributed by atoms with Gasteiger partial charge >= 0.3 is 0 Å². The second-order valence-corrected chi connectivity index (χ2v) is 4.48. The summed E-state index contributed by atoms with van der Waals surface area (Å²) in [7, 11) is 1.65. The van der Waals surface area contributed by atoms with E-state index in [1.54, 1.807) is 11.8 Å². The zero-order chi connectivity index (χ0) is 15.1. The van der Waals surface area contributed by atoms with Gasteiger partial charge in [-0.05, 0) is 19.1 Å². The molecule has 1 aromatic carbocycles. The number of hydrogen-bond donors (Lipinski definition) is 1. The molecule has 1 amide bonds. The van der Waals surface area contributed by atoms with Crippen molar-refractivity contribution in [1.82, 2.24) is 9.78 Å². The molecule has 0 fully saturated rings. The Labute approximate surface area is 123 Å². The Morgan fingerprint density at radius 2 is 2.05 bits per heavy atom. The van der Waals surface area contributed by atoms with Crippen molar-refractivity contribution in [3.63, 3.8) is 0 Å². The van der Waals surface area contributed by atoms with Gasteiger partial charge in [0.25, 0.3) is 0 Å². The third kappa shape index (κ3) is 3.61. The summed E-state index contributed by atoms with van der Waals surface area (Å²) < 4.78 is 12.3. The Balaban J connectivity index is 2.25. The third-order valence-corrected chi connectivity index (χ3v) is 3.01. The molecule has 0 unspecified atom stereocenters. The number of methoxy groups -OCH3 is 1. The van der Waals surface area contributed by atoms with Crippen LogP contribution in [0.2, 0.25) is 0 Å². The number of nitrogens with zero attached hydrogens (tertiary/aromatic N) is 2. The molecule has 1 heterocycles. The maximum absolute atomic E-state index is 10.8. The number of ether oxygens (including phenoxy) is 2. The van der Waals surface area contributed by atoms with E-state index in [2.05, 4.69) is 10.4 Å². The van der Waals surface area contributed by atoms with Gasteiger partial charge in [-0.3, -0.25) is 4.79 Å². The van der Waals surface area contributed by atoms with E-state index >= 15 is 0 Å². The molecular weight excluding hydrogens is 270 g/mol. The van der Waals surface area contributed by atoms with Crippen LogP contribution < -0.4 is 10.1 Å². The number of benzene rings is 1. The summed E-state index contributed by atoms with van der Waals surface area (Å²) in [6.07, 6.45) is 1.42. The van der Waals surface area contributed by atoms with E-state index in [0.29, 0.717) is 31.3 Å². The van der Waals surface area contributed by atoms with E-state index in [4.69, 9.17) is 9.47 Å². The summed E-state index contributed by atoms with van der Waals surface area (Å²) in [5, 5.41) is 7.11. The van der Waals surface area contributed by atoms with Crippen molar-refractivity contribution < 1.29 is 14.3 Å². The van der Waals surface area contributed by atoms with E-state index in [1.165, 1.54) is 0 Å². The van der Waals surface area contributed by atoms with Crippen LogP contribution in [0.4, 0.5) is 5.82 Å². The lowest BCUT2D eigenvalue weighted by Gasteiger charge is -2.05. The predicted molar refractivity (Wildman–Crippen MR) is 80.0 cm³/mol. The molecule has 0 spiro atoms. The molecule has 1 aromatic heterocycles. The molecule has 2 rings (SSSR count). The molecule has 6 nitrogen and oxygen atoms in total. The van der Waals surface area contributed by atoms with E-state index in [1.807, 2.05) is 37.3 Å². The van der Waals surface area contributed by atoms with Gasteiger partial charge in [-0.1, -0.05) is 18.2 Å². The van der Waals surface area contributed by atoms with Gasteiger partial charge in [0.15, 0.2) is 0 Å². The number of carbonyl (C=O) groups excluding carboxylic acids is 1. The minimum absolute atomic E-state index is 0.513. The standard InChI is InChI=1S/C15H19N3O3/c1-12-14(16-11-19)18(13-7-4-3-5-8-13)17-15(12)21-10-6-9-20-2/h3-5,7-8,11H,6,9-10H2,1-2H3,(H,16,19). The molecule has 0 radical (unpaired) electrons. The number of carbonyl (C=O) groups is 1. The molecule has 6 heteroatoms. The van der Waals surface area contributed by atoms with Gasteiger partial charge in [-0.25, -0.2) is 4.68 Å². The van der Waals surface area contributed by atoms with Gasteiger partial charge in [0.1, 0.15) is 5.82 Å². The fourth-order valence-electron chi connectivity index (χ4n) is 1.97. The molecule has 21 heavy (non-hydrogen) atoms. The van der Waals surface area contributed by atoms with Crippen LogP contribution in [0.3, 0.4) is 0 Å². The van der Waals surface area contributed by atoms with Gasteiger partial charge in [0, 0.05) is 20.1 Å². The molecule has 0 atom stereocenters. The zero-order valence-corrected chi connectivity index (χ0v) is 12.2. The van der Waals surface area contributed by atoms with Crippen LogP contribution in [-0.4, -0.2) is 36.5 Å². The topological polar surface area (TPSA) is 65.4 Å². The molecule has 0 bridgehead atoms. The monoisotopic (exact) mass is 289 g/mol. The Kier molecular flexibility index (Phi) is 5.34. The first-order valence-corrected chi connectivity index (χ1v) is 6.75. The smallest absolute Gasteiger partial charge is 0.238 e. The van der Waals surface area contributed by atoms with Crippen LogP contribution in [0.15, 0.2) is 30.3 Å². The summed E-state index contributed by atoms with van der Waals surface area (Å²) in [6.45, 7) is 3.02. The molecular formula is C15H19N3O3. The number of nitrogens with one attached hydrogen (secondary N) is 1. The number of amides is 1. The minimum Gasteiger partial charge on any atom is -0.476 e. The van der Waals surface area contributed by atoms with Crippen molar-refractivity contribution in [2.75, 3.05) is 25.6 Å². The van der Waals surface area contributed by atoms with Crippen molar-refractivity contribution >= 4 is 12.2 Å². The molecule has 0 saturated carbocycles. The maximum atomic E-state index is 10.8. The molecule has 2 aromatic rings. The molecule has 0 aliphatic heterocycles. The molecule has 0 saturated heterocycles. The van der Waals surface area contributed by atoms with Crippen LogP contribution in [0.25, 0.3) is 5.69 Å². The van der Waals surface area contributed by atoms with Crippen molar-refractivity contribution in [2.45, 2.75) is 13.3 Å². The minimum atomic E-state index is 0.513. The number of anilines is 1. The van der Waals surface area contributed by atoms with Crippen molar-refractivity contribution in [3.05, 3.63) is 35.9 Å². The first-order chi connectivity index (χ1) is 10.3. The highest BCUT2D eigenvalue weighted by molar-refractivity contribution is 5.73. The van der Waals surface area contributed by atoms with Crippen molar-refractivity contribution in [3.8, 4) is 11.6 Å². The highest BCUT2D eigenvalue weighted by Gasteiger charge is 2.16. The second kappa shape index (κ2) is 7.44. The average Bonchev–Trinajstić information content (AvgIpc) is 2.82. The fourth-order valence-corrected chi connectivity index (χ4v) is 1.97. The lowest BCUT2D eigenvalue weighted by atomic mass is 10.3. The first-order valence-electron chi connectivity index (χ1n) is 6.75. The normalized spacial score (nSPS) is 10.4. The van der Waals surface area contributed by atoms with Gasteiger partial charge < -0.3 is 14.8 Å². The molecule has 0 aliphatic rings. The van der Waals surface area contributed by atoms with Crippen LogP contribution in [0.5, 0.6) is 5.88 Å². The predicted octanol–water partition coefficient (Wildman–Crippen LogP) is 2.16. The molecule has 112 valence electrons. The van der Waals surface area contributed by atoms with Gasteiger partial charge in [0.05, 0.1) is 17.9 Å². The van der Waals surface area contributed by atoms with Gasteiger partial charge in [-0.2, -0.15) is 0 Å². The van der Waals surface area contributed by atoms with Crippen molar-refractivity contribution in [2.24, 2.45) is 0 Å². The summed E-state index contributed by atoms with van der Waals surface area (Å²) in [5.41, 5.74) is 1.65. The lowest BCUT2D eigenvalue weighted by molar-refractivity contribution is -0.105. The number of hydrogen-bond acceptors (Lipinski definition) is 4. The highest BCUT2D eigenvalue weighted by Crippen LogP contribution is 2.27. The second-order valence-electron chi connectivity index (χ2n) is 4.48. The molecule has 1 N–H and O–H groups in total. The lowest BCUT2D eigenvalue weighted by Crippen LogP contribution is -2.05. The Hall–Kier alpha value is -2.34. The van der Waals surface area contributed by atoms with E-state index in [0.717, 1.165) is 17.7 Å². The maximum Gasteiger partial charge on any atom is 0.238 e. The zero-order valence-electron chi connectivity index (χ0n) is 12.2. The number of aromatic nitrogens is 2. The van der Waals surface area contributed by atoms with E-state index in [9.17, 15) is 4.79 Å². The fraction of sp³-hybridized carbons (Fsp3) is 0.333. The van der Waals surface area contributed by atoms with Crippen LogP contribution in [-0.2, 0) is 9.53 Å². The summed E-state index contributed by atoms with van der Waals surface area (Å²) in [4.78, 5) is 10.8. The Bertz CT molecular complexity index is 581. The van der Waals surface area contributed by atoms with Gasteiger partial charge in [0.2, 0.25) is 12.3 Å². The quantitative estimate of drug-likeness (QED) is 0.597. The third-order valence-electron chi connectivity index (χ3n) is 3.01. The SMILES string of the molecule is COCCCOc1nn(-c2ccccc2)c(NC=O)c1C. The Morgan fingerprint density at radius 1 is 1.29 bits per heavy atom. The van der Waals surface area contributed by atoms with E-state index in [-0.39, 0.29) is 0 Å². The average molecular weight is 289 g/mol. The van der Waals surface area contributed by atoms with Crippen LogP contribution in [0, 0.1) is 6.92 Å². The largest absolute Gasteiger partial charge is 0.476 e. The molecule has 0 aliphatic carbocycles. The first kappa shape index (κ1) is 15.1. The van der Waals surface area contributed by atoms with Crippen molar-refractivity contribution in [1.29, 1.82) is 0 Å².